The lowest BCUT2D eigenvalue weighted by Gasteiger charge is -2.18. The van der Waals surface area contributed by atoms with Crippen molar-refractivity contribution in [1.29, 1.82) is 0 Å². The number of alkyl halides is 6. The van der Waals surface area contributed by atoms with Crippen LogP contribution in [0.25, 0.3) is 106 Å². The van der Waals surface area contributed by atoms with E-state index in [1.54, 1.807) is 18.2 Å². The third-order valence-electron chi connectivity index (χ3n) is 12.1. The first kappa shape index (κ1) is 42.9. The number of hydrogen-bond donors (Lipinski definition) is 0. The van der Waals surface area contributed by atoms with Gasteiger partial charge in [0.25, 0.3) is 0 Å². The molecule has 0 spiro atoms. The minimum absolute atomic E-state index is 0.144. The SMILES string of the molecule is FC(F)(F)c1cc(-c2ccc3c4ccccc4n(-c4ccc(-c5cc(-c6ccccc6)nc(-c6ccccc6)n5)cc4-c4cc(-c5ccccc5)nc(-c5ccccc5)n4)c3c2)cc(C(F)(F)F)c1. The molecule has 0 unspecified atom stereocenters. The van der Waals surface area contributed by atoms with Crippen LogP contribution in [-0.4, -0.2) is 24.5 Å². The van der Waals surface area contributed by atoms with Crippen molar-refractivity contribution in [3.8, 4) is 84.6 Å². The predicted molar refractivity (Wildman–Crippen MR) is 260 cm³/mol. The molecule has 0 saturated heterocycles. The van der Waals surface area contributed by atoms with Crippen LogP contribution in [0.4, 0.5) is 26.3 Å². The van der Waals surface area contributed by atoms with E-state index in [0.717, 1.165) is 56.2 Å². The van der Waals surface area contributed by atoms with Gasteiger partial charge in [0.1, 0.15) is 0 Å². The van der Waals surface area contributed by atoms with Crippen LogP contribution in [0.3, 0.4) is 0 Å². The molecule has 0 radical (unpaired) electrons. The molecule has 0 aliphatic rings. The number of rotatable bonds is 8. The lowest BCUT2D eigenvalue weighted by molar-refractivity contribution is -0.143. The van der Waals surface area contributed by atoms with Crippen molar-refractivity contribution in [2.75, 3.05) is 0 Å². The van der Waals surface area contributed by atoms with Gasteiger partial charge >= 0.3 is 12.4 Å². The van der Waals surface area contributed by atoms with Gasteiger partial charge in [-0.15, -0.1) is 0 Å². The van der Waals surface area contributed by atoms with E-state index in [2.05, 4.69) is 0 Å². The lowest BCUT2D eigenvalue weighted by atomic mass is 9.98. The summed E-state index contributed by atoms with van der Waals surface area (Å²) in [6, 6.07) is 63.0. The van der Waals surface area contributed by atoms with Gasteiger partial charge in [0.05, 0.1) is 50.6 Å². The molecule has 0 saturated carbocycles. The molecular weight excluding hydrogens is 881 g/mol. The molecule has 0 N–H and O–H groups in total. The minimum Gasteiger partial charge on any atom is -0.309 e. The molecule has 3 heterocycles. The van der Waals surface area contributed by atoms with E-state index in [4.69, 9.17) is 19.9 Å². The molecule has 0 aliphatic carbocycles. The van der Waals surface area contributed by atoms with Crippen LogP contribution in [0.15, 0.2) is 212 Å². The van der Waals surface area contributed by atoms with E-state index >= 15 is 0 Å². The standard InChI is InChI=1S/C58H35F6N5/c59-57(60,61)43-29-42(30-44(33-43)58(62,63)64)40-25-27-46-45-23-13-14-24-52(45)69(54(46)32-40)53-28-26-41(50-34-48(36-15-5-1-6-16-36)65-55(67-50)38-19-9-3-10-20-38)31-47(53)51-35-49(37-17-7-2-8-18-37)66-56(68-51)39-21-11-4-12-22-39/h1-35H. The number of para-hydroxylation sites is 1. The summed E-state index contributed by atoms with van der Waals surface area (Å²) < 4.78 is 87.1. The molecular formula is C58H35F6N5. The van der Waals surface area contributed by atoms with Gasteiger partial charge < -0.3 is 4.57 Å². The topological polar surface area (TPSA) is 56.5 Å². The van der Waals surface area contributed by atoms with Gasteiger partial charge in [0, 0.05) is 44.2 Å². The summed E-state index contributed by atoms with van der Waals surface area (Å²) in [5.74, 6) is 0.994. The van der Waals surface area contributed by atoms with Crippen molar-refractivity contribution >= 4 is 21.8 Å². The Bertz CT molecular complexity index is 3540. The Labute approximate surface area is 391 Å². The van der Waals surface area contributed by atoms with Gasteiger partial charge in [-0.1, -0.05) is 158 Å². The van der Waals surface area contributed by atoms with Crippen LogP contribution >= 0.6 is 0 Å². The van der Waals surface area contributed by atoms with Crippen molar-refractivity contribution in [2.24, 2.45) is 0 Å². The van der Waals surface area contributed by atoms with Gasteiger partial charge in [0.2, 0.25) is 0 Å². The third-order valence-corrected chi connectivity index (χ3v) is 12.1. The minimum atomic E-state index is -5.02. The highest BCUT2D eigenvalue weighted by atomic mass is 19.4. The van der Waals surface area contributed by atoms with Gasteiger partial charge in [-0.25, -0.2) is 19.9 Å². The van der Waals surface area contributed by atoms with Crippen LogP contribution in [0.5, 0.6) is 0 Å². The lowest BCUT2D eigenvalue weighted by Crippen LogP contribution is -2.11. The van der Waals surface area contributed by atoms with Gasteiger partial charge in [-0.3, -0.25) is 0 Å². The first-order valence-corrected chi connectivity index (χ1v) is 21.9. The van der Waals surface area contributed by atoms with E-state index in [0.29, 0.717) is 51.2 Å². The summed E-state index contributed by atoms with van der Waals surface area (Å²) in [7, 11) is 0. The Balaban J connectivity index is 1.20. The van der Waals surface area contributed by atoms with Gasteiger partial charge in [0.15, 0.2) is 11.6 Å². The molecule has 0 bridgehead atoms. The Morgan fingerprint density at radius 1 is 0.304 bits per heavy atom. The number of hydrogen-bond acceptors (Lipinski definition) is 4. The fraction of sp³-hybridized carbons (Fsp3) is 0.0345. The molecule has 8 aromatic carbocycles. The molecule has 0 atom stereocenters. The molecule has 0 fully saturated rings. The van der Waals surface area contributed by atoms with Crippen molar-refractivity contribution < 1.29 is 26.3 Å². The predicted octanol–water partition coefficient (Wildman–Crippen LogP) is 16.1. The number of nitrogens with zero attached hydrogens (tertiary/aromatic N) is 5. The van der Waals surface area contributed by atoms with Crippen molar-refractivity contribution in [2.45, 2.75) is 12.4 Å². The summed E-state index contributed by atoms with van der Waals surface area (Å²) in [4.78, 5) is 20.5. The summed E-state index contributed by atoms with van der Waals surface area (Å²) in [6.45, 7) is 0. The van der Waals surface area contributed by atoms with Gasteiger partial charge in [-0.2, -0.15) is 26.3 Å². The Hall–Kier alpha value is -8.70. The second kappa shape index (κ2) is 17.2. The number of halogens is 6. The molecule has 11 aromatic rings. The van der Waals surface area contributed by atoms with E-state index in [1.807, 2.05) is 180 Å². The quantitative estimate of drug-likeness (QED) is 0.143. The number of aromatic nitrogens is 5. The molecule has 11 heteroatoms. The zero-order valence-electron chi connectivity index (χ0n) is 36.2. The van der Waals surface area contributed by atoms with Crippen molar-refractivity contribution in [3.63, 3.8) is 0 Å². The average molecular weight is 916 g/mol. The smallest absolute Gasteiger partial charge is 0.309 e. The summed E-state index contributed by atoms with van der Waals surface area (Å²) in [6.07, 6.45) is -10.0. The zero-order valence-corrected chi connectivity index (χ0v) is 36.2. The first-order valence-electron chi connectivity index (χ1n) is 21.9. The van der Waals surface area contributed by atoms with Crippen LogP contribution in [0.2, 0.25) is 0 Å². The maximum atomic E-state index is 14.2. The fourth-order valence-electron chi connectivity index (χ4n) is 8.75. The molecule has 69 heavy (non-hydrogen) atoms. The zero-order chi connectivity index (χ0) is 47.3. The second-order valence-electron chi connectivity index (χ2n) is 16.5. The summed E-state index contributed by atoms with van der Waals surface area (Å²) in [5.41, 5.74) is 6.39. The largest absolute Gasteiger partial charge is 0.416 e. The summed E-state index contributed by atoms with van der Waals surface area (Å²) >= 11 is 0. The average Bonchev–Trinajstić information content (AvgIpc) is 3.72. The highest BCUT2D eigenvalue weighted by Crippen LogP contribution is 2.43. The maximum absolute atomic E-state index is 14.2. The monoisotopic (exact) mass is 915 g/mol. The van der Waals surface area contributed by atoms with Crippen molar-refractivity contribution in [3.05, 3.63) is 223 Å². The molecule has 0 aliphatic heterocycles. The number of fused-ring (bicyclic) bond motifs is 3. The molecule has 5 nitrogen and oxygen atoms in total. The van der Waals surface area contributed by atoms with Crippen LogP contribution in [0.1, 0.15) is 11.1 Å². The Morgan fingerprint density at radius 3 is 1.28 bits per heavy atom. The Kier molecular flexibility index (Phi) is 10.7. The first-order chi connectivity index (χ1) is 33.4. The third kappa shape index (κ3) is 8.39. The van der Waals surface area contributed by atoms with Crippen LogP contribution < -0.4 is 0 Å². The van der Waals surface area contributed by atoms with E-state index < -0.39 is 23.5 Å². The van der Waals surface area contributed by atoms with Crippen molar-refractivity contribution in [1.82, 2.24) is 24.5 Å². The molecule has 0 amide bonds. The van der Waals surface area contributed by atoms with E-state index in [1.165, 1.54) is 0 Å². The van der Waals surface area contributed by atoms with Crippen LogP contribution in [-0.2, 0) is 12.4 Å². The van der Waals surface area contributed by atoms with E-state index in [9.17, 15) is 26.3 Å². The molecule has 3 aromatic heterocycles. The van der Waals surface area contributed by atoms with Crippen LogP contribution in [0, 0.1) is 0 Å². The van der Waals surface area contributed by atoms with Gasteiger partial charge in [-0.05, 0) is 65.7 Å². The maximum Gasteiger partial charge on any atom is 0.416 e. The number of benzene rings is 8. The molecule has 11 rings (SSSR count). The second-order valence-corrected chi connectivity index (χ2v) is 16.5. The normalized spacial score (nSPS) is 11.9. The molecule has 334 valence electrons. The summed E-state index contributed by atoms with van der Waals surface area (Å²) in [5, 5.41) is 1.56. The van der Waals surface area contributed by atoms with E-state index in [-0.39, 0.29) is 17.2 Å². The Morgan fingerprint density at radius 2 is 0.739 bits per heavy atom. The highest BCUT2D eigenvalue weighted by molar-refractivity contribution is 6.11. The highest BCUT2D eigenvalue weighted by Gasteiger charge is 2.37. The fourth-order valence-corrected chi connectivity index (χ4v) is 8.75.